The summed E-state index contributed by atoms with van der Waals surface area (Å²) in [6.07, 6.45) is 3.05. The Morgan fingerprint density at radius 2 is 2.16 bits per heavy atom. The van der Waals surface area contributed by atoms with Gasteiger partial charge in [-0.15, -0.1) is 0 Å². The molecule has 0 spiro atoms. The zero-order valence-corrected chi connectivity index (χ0v) is 17.7. The fourth-order valence-corrected chi connectivity index (χ4v) is 5.38. The molecule has 2 aliphatic carbocycles. The second-order valence-electron chi connectivity index (χ2n) is 9.11. The highest BCUT2D eigenvalue weighted by atomic mass is 19.1. The highest BCUT2D eigenvalue weighted by molar-refractivity contribution is 5.96. The van der Waals surface area contributed by atoms with E-state index in [2.05, 4.69) is 12.2 Å². The van der Waals surface area contributed by atoms with Gasteiger partial charge in [-0.3, -0.25) is 4.79 Å². The van der Waals surface area contributed by atoms with E-state index in [1.165, 1.54) is 4.57 Å². The first-order valence-corrected chi connectivity index (χ1v) is 11.0. The Labute approximate surface area is 183 Å². The Hall–Kier alpha value is -2.99. The number of hydrogen-bond acceptors (Lipinski definition) is 5. The molecule has 3 aliphatic rings. The van der Waals surface area contributed by atoms with Crippen molar-refractivity contribution >= 4 is 22.6 Å². The maximum atomic E-state index is 15.4. The number of aromatic carboxylic acids is 1. The molecule has 5 rings (SSSR count). The molecule has 7 nitrogen and oxygen atoms in total. The van der Waals surface area contributed by atoms with Gasteiger partial charge < -0.3 is 19.9 Å². The van der Waals surface area contributed by atoms with Crippen molar-refractivity contribution in [2.75, 3.05) is 24.5 Å². The van der Waals surface area contributed by atoms with Crippen LogP contribution in [0.25, 0.3) is 10.9 Å². The number of nitrogens with zero attached hydrogens (tertiary/aromatic N) is 3. The number of pyridine rings is 1. The molecule has 2 heterocycles. The van der Waals surface area contributed by atoms with Crippen LogP contribution in [0, 0.1) is 23.1 Å². The Kier molecular flexibility index (Phi) is 4.75. The van der Waals surface area contributed by atoms with E-state index in [-0.39, 0.29) is 34.1 Å². The molecular weight excluding hydrogens is 418 g/mol. The first-order chi connectivity index (χ1) is 15.3. The Morgan fingerprint density at radius 1 is 1.44 bits per heavy atom. The molecular formula is C23H24F2N4O3. The van der Waals surface area contributed by atoms with E-state index in [4.69, 9.17) is 0 Å². The van der Waals surface area contributed by atoms with Crippen molar-refractivity contribution in [3.8, 4) is 6.07 Å². The maximum absolute atomic E-state index is 15.4. The van der Waals surface area contributed by atoms with Crippen LogP contribution in [-0.4, -0.2) is 47.0 Å². The molecule has 1 aliphatic heterocycles. The summed E-state index contributed by atoms with van der Waals surface area (Å²) in [6, 6.07) is 2.38. The molecule has 1 aromatic heterocycles. The molecule has 3 fully saturated rings. The largest absolute Gasteiger partial charge is 0.477 e. The van der Waals surface area contributed by atoms with Crippen LogP contribution >= 0.6 is 0 Å². The predicted octanol–water partition coefficient (Wildman–Crippen LogP) is 2.96. The van der Waals surface area contributed by atoms with Crippen molar-refractivity contribution in [2.45, 2.75) is 50.4 Å². The van der Waals surface area contributed by atoms with Gasteiger partial charge in [0.05, 0.1) is 22.6 Å². The topological polar surface area (TPSA) is 98.4 Å². The van der Waals surface area contributed by atoms with E-state index in [1.807, 2.05) is 11.0 Å². The van der Waals surface area contributed by atoms with Gasteiger partial charge in [0.2, 0.25) is 5.43 Å². The second kappa shape index (κ2) is 7.27. The number of hydrogen-bond donors (Lipinski definition) is 2. The lowest BCUT2D eigenvalue weighted by Crippen LogP contribution is -2.40. The van der Waals surface area contributed by atoms with Crippen LogP contribution in [0.15, 0.2) is 17.1 Å². The maximum Gasteiger partial charge on any atom is 0.341 e. The summed E-state index contributed by atoms with van der Waals surface area (Å²) in [5, 5.41) is 22.8. The van der Waals surface area contributed by atoms with Crippen molar-refractivity contribution in [1.29, 1.82) is 5.26 Å². The number of alkyl halides is 1. The zero-order chi connectivity index (χ0) is 22.8. The van der Waals surface area contributed by atoms with E-state index in [0.717, 1.165) is 38.1 Å². The average molecular weight is 442 g/mol. The summed E-state index contributed by atoms with van der Waals surface area (Å²) in [5.74, 6) is -1.88. The predicted molar refractivity (Wildman–Crippen MR) is 114 cm³/mol. The SMILES string of the molecule is CCNC1([C@@H]2CCN(c3c(F)cc4c(=O)c(C(=O)O)cn(C5C[C@@H]5F)c4c3C#N)C2)CC1. The summed E-state index contributed by atoms with van der Waals surface area (Å²) in [7, 11) is 0. The number of nitrogens with one attached hydrogen (secondary N) is 1. The number of carboxylic acid groups (broad SMARTS) is 1. The van der Waals surface area contributed by atoms with Gasteiger partial charge in [0.15, 0.2) is 0 Å². The fourth-order valence-electron chi connectivity index (χ4n) is 5.38. The summed E-state index contributed by atoms with van der Waals surface area (Å²) in [6.45, 7) is 4.07. The molecule has 2 N–H and O–H groups in total. The summed E-state index contributed by atoms with van der Waals surface area (Å²) >= 11 is 0. The molecule has 1 aromatic carbocycles. The third kappa shape index (κ3) is 3.08. The van der Waals surface area contributed by atoms with E-state index < -0.39 is 35.0 Å². The van der Waals surface area contributed by atoms with E-state index in [0.29, 0.717) is 19.0 Å². The van der Waals surface area contributed by atoms with Gasteiger partial charge in [-0.2, -0.15) is 5.26 Å². The fraction of sp³-hybridized carbons (Fsp3) is 0.522. The van der Waals surface area contributed by atoms with Crippen molar-refractivity contribution in [3.05, 3.63) is 39.4 Å². The lowest BCUT2D eigenvalue weighted by molar-refractivity contribution is 0.0694. The number of carboxylic acids is 1. The van der Waals surface area contributed by atoms with Crippen LogP contribution < -0.4 is 15.6 Å². The van der Waals surface area contributed by atoms with Crippen LogP contribution in [-0.2, 0) is 0 Å². The minimum atomic E-state index is -1.47. The number of halogens is 2. The van der Waals surface area contributed by atoms with Gasteiger partial charge in [0, 0.05) is 31.2 Å². The van der Waals surface area contributed by atoms with Gasteiger partial charge in [0.1, 0.15) is 29.2 Å². The van der Waals surface area contributed by atoms with Gasteiger partial charge in [-0.25, -0.2) is 13.6 Å². The van der Waals surface area contributed by atoms with Gasteiger partial charge in [-0.1, -0.05) is 6.92 Å². The standard InChI is InChI=1S/C23H24F2N4O3/c1-2-27-23(4-5-23)12-3-6-28(10-12)20-14(9-26)19-13(7-17(20)25)21(30)15(22(31)32)11-29(19)18-8-16(18)24/h7,11-12,16,18,27H,2-6,8,10H2,1H3,(H,31,32)/t12-,16+,18?/m1/s1. The molecule has 1 saturated heterocycles. The van der Waals surface area contributed by atoms with Crippen LogP contribution in [0.1, 0.15) is 54.6 Å². The molecule has 32 heavy (non-hydrogen) atoms. The van der Waals surface area contributed by atoms with Gasteiger partial charge in [-0.05, 0) is 37.8 Å². The minimum absolute atomic E-state index is 0.0397. The van der Waals surface area contributed by atoms with Gasteiger partial charge >= 0.3 is 5.97 Å². The molecule has 0 amide bonds. The lowest BCUT2D eigenvalue weighted by atomic mass is 9.96. The quantitative estimate of drug-likeness (QED) is 0.714. The number of benzene rings is 1. The zero-order valence-electron chi connectivity index (χ0n) is 17.7. The summed E-state index contributed by atoms with van der Waals surface area (Å²) in [4.78, 5) is 26.2. The molecule has 3 atom stereocenters. The van der Waals surface area contributed by atoms with Crippen molar-refractivity contribution in [1.82, 2.24) is 9.88 Å². The first-order valence-electron chi connectivity index (χ1n) is 11.0. The normalized spacial score (nSPS) is 25.7. The highest BCUT2D eigenvalue weighted by Crippen LogP contribution is 2.48. The average Bonchev–Trinajstić information content (AvgIpc) is 3.64. The van der Waals surface area contributed by atoms with E-state index >= 15 is 4.39 Å². The highest BCUT2D eigenvalue weighted by Gasteiger charge is 2.51. The number of anilines is 1. The van der Waals surface area contributed by atoms with Gasteiger partial charge in [0.25, 0.3) is 0 Å². The molecule has 0 radical (unpaired) electrons. The van der Waals surface area contributed by atoms with Crippen molar-refractivity contribution in [2.24, 2.45) is 5.92 Å². The van der Waals surface area contributed by atoms with Crippen LogP contribution in [0.2, 0.25) is 0 Å². The van der Waals surface area contributed by atoms with Crippen LogP contribution in [0.3, 0.4) is 0 Å². The Balaban J connectivity index is 1.66. The number of nitriles is 1. The summed E-state index contributed by atoms with van der Waals surface area (Å²) in [5.41, 5.74) is -1.18. The molecule has 2 aromatic rings. The van der Waals surface area contributed by atoms with Crippen LogP contribution in [0.4, 0.5) is 14.5 Å². The number of fused-ring (bicyclic) bond motifs is 1. The van der Waals surface area contributed by atoms with E-state index in [1.54, 1.807) is 0 Å². The summed E-state index contributed by atoms with van der Waals surface area (Å²) < 4.78 is 30.7. The number of rotatable bonds is 6. The third-order valence-electron chi connectivity index (χ3n) is 7.23. The van der Waals surface area contributed by atoms with Crippen molar-refractivity contribution in [3.63, 3.8) is 0 Å². The molecule has 1 unspecified atom stereocenters. The third-order valence-corrected chi connectivity index (χ3v) is 7.23. The second-order valence-corrected chi connectivity index (χ2v) is 9.11. The monoisotopic (exact) mass is 442 g/mol. The van der Waals surface area contributed by atoms with Crippen LogP contribution in [0.5, 0.6) is 0 Å². The smallest absolute Gasteiger partial charge is 0.341 e. The molecule has 168 valence electrons. The first kappa shape index (κ1) is 20.9. The Morgan fingerprint density at radius 3 is 2.72 bits per heavy atom. The molecule has 0 bridgehead atoms. The number of aromatic nitrogens is 1. The Bertz CT molecular complexity index is 1230. The lowest BCUT2D eigenvalue weighted by Gasteiger charge is -2.26. The molecule has 2 saturated carbocycles. The van der Waals surface area contributed by atoms with E-state index in [9.17, 15) is 24.3 Å². The molecule has 9 heteroatoms. The number of carbonyl (C=O) groups is 1. The minimum Gasteiger partial charge on any atom is -0.477 e. The van der Waals surface area contributed by atoms with Crippen molar-refractivity contribution < 1.29 is 18.7 Å².